The van der Waals surface area contributed by atoms with Gasteiger partial charge in [-0.3, -0.25) is 44.5 Å². The maximum atomic E-state index is 12.8. The molecule has 0 radical (unpaired) electrons. The van der Waals surface area contributed by atoms with E-state index in [1.54, 1.807) is 60.9 Å². The summed E-state index contributed by atoms with van der Waals surface area (Å²) >= 11 is 5.87. The number of halogens is 3. The summed E-state index contributed by atoms with van der Waals surface area (Å²) in [6.45, 7) is 2.00. The third-order valence-corrected chi connectivity index (χ3v) is 11.7. The normalized spacial score (nSPS) is 10.2. The molecule has 0 aliphatic rings. The molecule has 0 aliphatic carbocycles. The first-order valence-electron chi connectivity index (χ1n) is 23.2. The number of nitro benzene ring substituents is 2. The Kier molecular flexibility index (Phi) is 19.3. The summed E-state index contributed by atoms with van der Waals surface area (Å²) in [6, 6.07) is 50.0. The average molecular weight is 1070 g/mol. The van der Waals surface area contributed by atoms with Crippen molar-refractivity contribution in [3.63, 3.8) is 0 Å². The van der Waals surface area contributed by atoms with Gasteiger partial charge >= 0.3 is 0 Å². The van der Waals surface area contributed by atoms with Crippen LogP contribution in [0.4, 0.5) is 61.6 Å². The first kappa shape index (κ1) is 56.4. The van der Waals surface area contributed by atoms with E-state index < -0.39 is 9.85 Å². The van der Waals surface area contributed by atoms with Gasteiger partial charge in [-0.15, -0.1) is 0 Å². The number of anilines is 8. The van der Waals surface area contributed by atoms with Gasteiger partial charge in [0.05, 0.1) is 37.3 Å². The molecule has 10 rings (SSSR count). The van der Waals surface area contributed by atoms with Crippen molar-refractivity contribution in [2.45, 2.75) is 6.92 Å². The standard InChI is InChI=1S/C28H22N6O3.C20H19N3O.C9H5ClN2O2.ClH.FH/c1-33-15-12-21(13-16-33)30-22-3-2-4-23(17-22)32-28(35)19-5-7-20(8-6-19)31-27-11-14-29-26-10-9-24(34(36)37)18-25(26)27;1-15-6-8-16(9-7-15)20(24)22-19-5-3-4-18(14-19)21-17-10-12-23(2)13-11-17;10-8-3-4-11-9-2-1-6(12(13)14)5-7(8)9;;/h2-18H,1H3,(H2,29,31,32,35);3-14H,1-2H3,(H,22,24);1-5H;2*1H/p+1. The molecule has 0 saturated heterocycles. The summed E-state index contributed by atoms with van der Waals surface area (Å²) in [4.78, 5) is 54.2. The van der Waals surface area contributed by atoms with Crippen molar-refractivity contribution in [1.82, 2.24) is 9.97 Å². The summed E-state index contributed by atoms with van der Waals surface area (Å²) in [5.74, 6) is -0.348. The van der Waals surface area contributed by atoms with Gasteiger partial charge in [-0.25, -0.2) is 9.13 Å². The highest BCUT2D eigenvalue weighted by atomic mass is 35.5. The van der Waals surface area contributed by atoms with Gasteiger partial charge < -0.3 is 39.0 Å². The van der Waals surface area contributed by atoms with Crippen molar-refractivity contribution < 1.29 is 45.7 Å². The van der Waals surface area contributed by atoms with Crippen molar-refractivity contribution in [2.75, 3.05) is 26.6 Å². The van der Waals surface area contributed by atoms with E-state index in [-0.39, 0.29) is 40.3 Å². The molecule has 0 unspecified atom stereocenters. The first-order valence-corrected chi connectivity index (χ1v) is 23.5. The fraction of sp³-hybridized carbons (Fsp3) is 0.0526. The van der Waals surface area contributed by atoms with Crippen LogP contribution < -0.4 is 48.1 Å². The van der Waals surface area contributed by atoms with Crippen LogP contribution in [0.25, 0.3) is 21.8 Å². The number of hydrogen-bond donors (Lipinski definition) is 5. The van der Waals surface area contributed by atoms with Gasteiger partial charge in [-0.05, 0) is 104 Å². The predicted molar refractivity (Wildman–Crippen MR) is 296 cm³/mol. The van der Waals surface area contributed by atoms with E-state index in [9.17, 15) is 29.8 Å². The van der Waals surface area contributed by atoms with Crippen LogP contribution in [-0.2, 0) is 14.1 Å². The molecule has 20 heteroatoms. The summed E-state index contributed by atoms with van der Waals surface area (Å²) in [7, 11) is 3.93. The van der Waals surface area contributed by atoms with E-state index in [0.29, 0.717) is 49.3 Å². The lowest BCUT2D eigenvalue weighted by atomic mass is 10.1. The number of hydrogen-bond acceptors (Lipinski definition) is 11. The number of rotatable bonds is 12. The number of aromatic nitrogens is 4. The number of aryl methyl sites for hydroxylation is 3. The minimum Gasteiger partial charge on any atom is -1.00 e. The number of carbonyl (C=O) groups excluding carboxylic acids is 2. The lowest BCUT2D eigenvalue weighted by Crippen LogP contribution is -3.00. The Morgan fingerprint density at radius 3 is 1.39 bits per heavy atom. The Hall–Kier alpha value is -9.91. The summed E-state index contributed by atoms with van der Waals surface area (Å²) in [6.07, 6.45) is 11.1. The minimum absolute atomic E-state index is 0. The number of pyridine rings is 4. The van der Waals surface area contributed by atoms with Gasteiger partial charge in [0, 0.05) is 117 Å². The van der Waals surface area contributed by atoms with Crippen LogP contribution >= 0.6 is 11.6 Å². The van der Waals surface area contributed by atoms with E-state index in [2.05, 4.69) is 36.6 Å². The maximum Gasteiger partial charge on any atom is 0.270 e. The monoisotopic (exact) mass is 1070 g/mol. The Morgan fingerprint density at radius 1 is 0.494 bits per heavy atom. The van der Waals surface area contributed by atoms with Crippen LogP contribution in [0.3, 0.4) is 0 Å². The molecule has 0 bridgehead atoms. The molecule has 10 aromatic rings. The zero-order chi connectivity index (χ0) is 52.8. The molecule has 77 heavy (non-hydrogen) atoms. The van der Waals surface area contributed by atoms with Crippen LogP contribution in [0.5, 0.6) is 0 Å². The fourth-order valence-electron chi connectivity index (χ4n) is 7.39. The highest BCUT2D eigenvalue weighted by molar-refractivity contribution is 6.35. The zero-order valence-corrected chi connectivity index (χ0v) is 42.9. The molecule has 6 aromatic carbocycles. The molecule has 4 heterocycles. The Morgan fingerprint density at radius 2 is 0.909 bits per heavy atom. The SMILES string of the molecule is C[n+]1ccc(Nc2cccc(NC(=O)c3ccc(Nc4ccnc5ccc([N+](=O)[O-])cc45)cc3)c2)cc1.Cc1ccc(C(=O)Nc2cccc(Nc3cc[n+](C)cc3)c2)cc1.F.O=[N+]([O-])c1ccc2nccc(Cl)c2c1.[Cl-]. The maximum absolute atomic E-state index is 12.8. The summed E-state index contributed by atoms with van der Waals surface area (Å²) in [5, 5.41) is 39.2. The number of nitro groups is 2. The van der Waals surface area contributed by atoms with Crippen molar-refractivity contribution in [3.8, 4) is 0 Å². The molecule has 0 fully saturated rings. The van der Waals surface area contributed by atoms with E-state index in [1.165, 1.54) is 24.3 Å². The van der Waals surface area contributed by atoms with Gasteiger partial charge in [0.2, 0.25) is 0 Å². The quantitative estimate of drug-likeness (QED) is 0.0441. The number of nitrogens with zero attached hydrogens (tertiary/aromatic N) is 6. The van der Waals surface area contributed by atoms with E-state index in [4.69, 9.17) is 11.6 Å². The van der Waals surface area contributed by atoms with Gasteiger partial charge in [-0.1, -0.05) is 41.4 Å². The smallest absolute Gasteiger partial charge is 0.270 e. The number of benzene rings is 6. The van der Waals surface area contributed by atoms with E-state index >= 15 is 0 Å². The molecular weight excluding hydrogens is 1020 g/mol. The predicted octanol–water partition coefficient (Wildman–Crippen LogP) is 9.48. The molecule has 17 nitrogen and oxygen atoms in total. The minimum atomic E-state index is -0.456. The van der Waals surface area contributed by atoms with Crippen LogP contribution in [0, 0.1) is 27.2 Å². The Bertz CT molecular complexity index is 3690. The van der Waals surface area contributed by atoms with Gasteiger partial charge in [0.25, 0.3) is 23.2 Å². The zero-order valence-electron chi connectivity index (χ0n) is 41.4. The average Bonchev–Trinajstić information content (AvgIpc) is 3.42. The number of non-ortho nitro benzene ring substituents is 2. The Balaban J connectivity index is 0.000000205. The van der Waals surface area contributed by atoms with Crippen LogP contribution in [0.1, 0.15) is 26.3 Å². The second-order valence-electron chi connectivity index (χ2n) is 17.0. The van der Waals surface area contributed by atoms with E-state index in [1.807, 2.05) is 152 Å². The number of carbonyl (C=O) groups is 2. The topological polar surface area (TPSA) is 214 Å². The Labute approximate surface area is 452 Å². The van der Waals surface area contributed by atoms with Crippen molar-refractivity contribution in [1.29, 1.82) is 0 Å². The van der Waals surface area contributed by atoms with E-state index in [0.717, 1.165) is 39.7 Å². The molecule has 2 amide bonds. The third kappa shape index (κ3) is 15.6. The second-order valence-corrected chi connectivity index (χ2v) is 17.4. The first-order chi connectivity index (χ1) is 36.2. The second kappa shape index (κ2) is 26.3. The molecule has 0 saturated carbocycles. The largest absolute Gasteiger partial charge is 1.00 e. The number of nitrogens with one attached hydrogen (secondary N) is 5. The molecular formula is C57H49Cl2FN11O6+. The summed E-state index contributed by atoms with van der Waals surface area (Å²) < 4.78 is 3.93. The number of amides is 2. The van der Waals surface area contributed by atoms with Crippen LogP contribution in [-0.4, -0.2) is 31.6 Å². The number of fused-ring (bicyclic) bond motifs is 2. The van der Waals surface area contributed by atoms with Crippen molar-refractivity contribution in [2.24, 2.45) is 14.1 Å². The molecule has 0 spiro atoms. The van der Waals surface area contributed by atoms with Gasteiger partial charge in [0.1, 0.15) is 14.1 Å². The molecule has 0 atom stereocenters. The van der Waals surface area contributed by atoms with Gasteiger partial charge in [0.15, 0.2) is 24.8 Å². The molecule has 388 valence electrons. The highest BCUT2D eigenvalue weighted by Crippen LogP contribution is 2.30. The third-order valence-electron chi connectivity index (χ3n) is 11.3. The van der Waals surface area contributed by atoms with Gasteiger partial charge in [-0.2, -0.15) is 0 Å². The molecule has 5 N–H and O–H groups in total. The van der Waals surface area contributed by atoms with Crippen molar-refractivity contribution >= 4 is 102 Å². The highest BCUT2D eigenvalue weighted by Gasteiger charge is 2.13. The molecule has 0 aliphatic heterocycles. The fourth-order valence-corrected chi connectivity index (χ4v) is 7.60. The van der Waals surface area contributed by atoms with Crippen molar-refractivity contribution in [3.05, 3.63) is 249 Å². The lowest BCUT2D eigenvalue weighted by Gasteiger charge is -2.11. The molecule has 4 aromatic heterocycles. The summed E-state index contributed by atoms with van der Waals surface area (Å²) in [5.41, 5.74) is 10.2. The van der Waals surface area contributed by atoms with Crippen LogP contribution in [0.2, 0.25) is 5.02 Å². The van der Waals surface area contributed by atoms with Crippen LogP contribution in [0.15, 0.2) is 207 Å². The lowest BCUT2D eigenvalue weighted by molar-refractivity contribution is -0.671.